The van der Waals surface area contributed by atoms with E-state index in [9.17, 15) is 14.0 Å². The molecule has 1 unspecified atom stereocenters. The van der Waals surface area contributed by atoms with E-state index in [0.717, 1.165) is 6.07 Å². The predicted octanol–water partition coefficient (Wildman–Crippen LogP) is 2.04. The van der Waals surface area contributed by atoms with Crippen molar-refractivity contribution in [1.82, 2.24) is 4.90 Å². The minimum absolute atomic E-state index is 0.0688. The molecule has 0 aliphatic carbocycles. The minimum atomic E-state index is -0.979. The third-order valence-electron chi connectivity index (χ3n) is 2.64. The van der Waals surface area contributed by atoms with Crippen LogP contribution >= 0.6 is 11.6 Å². The number of hydrogen-bond acceptors (Lipinski definition) is 3. The number of nitrogens with zero attached hydrogens (tertiary/aromatic N) is 1. The lowest BCUT2D eigenvalue weighted by Crippen LogP contribution is -2.36. The Labute approximate surface area is 120 Å². The van der Waals surface area contributed by atoms with Crippen molar-refractivity contribution < 1.29 is 23.8 Å². The summed E-state index contributed by atoms with van der Waals surface area (Å²) in [6.07, 6.45) is 0. The molecule has 0 fully saturated rings. The van der Waals surface area contributed by atoms with Crippen molar-refractivity contribution in [3.8, 4) is 5.75 Å². The van der Waals surface area contributed by atoms with E-state index in [-0.39, 0.29) is 23.9 Å². The first-order valence-electron chi connectivity index (χ1n) is 5.86. The third-order valence-corrected chi connectivity index (χ3v) is 2.94. The van der Waals surface area contributed by atoms with E-state index in [0.29, 0.717) is 0 Å². The zero-order chi connectivity index (χ0) is 15.3. The summed E-state index contributed by atoms with van der Waals surface area (Å²) in [6.45, 7) is 1.28. The summed E-state index contributed by atoms with van der Waals surface area (Å²) in [5, 5.41) is 8.83. The molecule has 0 saturated carbocycles. The molecule has 5 nitrogen and oxygen atoms in total. The average molecular weight is 304 g/mol. The number of amides is 1. The van der Waals surface area contributed by atoms with Gasteiger partial charge in [0.15, 0.2) is 6.61 Å². The van der Waals surface area contributed by atoms with Crippen molar-refractivity contribution in [2.45, 2.75) is 6.92 Å². The maximum Gasteiger partial charge on any atom is 0.308 e. The fourth-order valence-electron chi connectivity index (χ4n) is 1.43. The number of rotatable bonds is 6. The SMILES string of the molecule is CC(CN(C)C(=O)COc1ccc(F)cc1Cl)C(=O)O. The molecule has 0 bridgehead atoms. The molecule has 0 heterocycles. The Morgan fingerprint density at radius 2 is 2.15 bits per heavy atom. The first kappa shape index (κ1) is 16.2. The first-order valence-corrected chi connectivity index (χ1v) is 6.23. The molecule has 0 aromatic heterocycles. The number of hydrogen-bond donors (Lipinski definition) is 1. The number of carbonyl (C=O) groups is 2. The van der Waals surface area contributed by atoms with Crippen LogP contribution in [0, 0.1) is 11.7 Å². The number of halogens is 2. The van der Waals surface area contributed by atoms with E-state index >= 15 is 0 Å². The number of likely N-dealkylation sites (N-methyl/N-ethyl adjacent to an activating group) is 1. The van der Waals surface area contributed by atoms with Crippen LogP contribution in [0.3, 0.4) is 0 Å². The van der Waals surface area contributed by atoms with E-state index in [1.165, 1.54) is 31.0 Å². The summed E-state index contributed by atoms with van der Waals surface area (Å²) < 4.78 is 18.0. The Kier molecular flexibility index (Phi) is 5.76. The van der Waals surface area contributed by atoms with Gasteiger partial charge in [0.25, 0.3) is 5.91 Å². The summed E-state index contributed by atoms with van der Waals surface area (Å²) >= 11 is 5.75. The molecule has 1 rings (SSSR count). The van der Waals surface area contributed by atoms with Crippen LogP contribution in [0.4, 0.5) is 4.39 Å². The lowest BCUT2D eigenvalue weighted by Gasteiger charge is -2.19. The normalized spacial score (nSPS) is 11.8. The van der Waals surface area contributed by atoms with Crippen LogP contribution in [0.1, 0.15) is 6.92 Å². The van der Waals surface area contributed by atoms with E-state index < -0.39 is 23.6 Å². The molecule has 0 saturated heterocycles. The molecule has 0 aliphatic rings. The van der Waals surface area contributed by atoms with Crippen LogP contribution < -0.4 is 4.74 Å². The maximum absolute atomic E-state index is 12.8. The quantitative estimate of drug-likeness (QED) is 0.873. The van der Waals surface area contributed by atoms with Gasteiger partial charge in [-0.1, -0.05) is 18.5 Å². The molecule has 1 N–H and O–H groups in total. The predicted molar refractivity (Wildman–Crippen MR) is 71.3 cm³/mol. The average Bonchev–Trinajstić information content (AvgIpc) is 2.37. The van der Waals surface area contributed by atoms with E-state index in [4.69, 9.17) is 21.4 Å². The number of carboxylic acid groups (broad SMARTS) is 1. The van der Waals surface area contributed by atoms with Gasteiger partial charge >= 0.3 is 5.97 Å². The monoisotopic (exact) mass is 303 g/mol. The topological polar surface area (TPSA) is 66.8 Å². The molecule has 1 atom stereocenters. The summed E-state index contributed by atoms with van der Waals surface area (Å²) in [5.74, 6) is -2.34. The van der Waals surface area contributed by atoms with Crippen molar-refractivity contribution in [3.63, 3.8) is 0 Å². The van der Waals surface area contributed by atoms with Gasteiger partial charge in [-0.3, -0.25) is 9.59 Å². The molecule has 0 aliphatic heterocycles. The van der Waals surface area contributed by atoms with Gasteiger partial charge in [-0.2, -0.15) is 0 Å². The zero-order valence-electron chi connectivity index (χ0n) is 11.1. The van der Waals surface area contributed by atoms with E-state index in [1.807, 2.05) is 0 Å². The number of benzene rings is 1. The Hall–Kier alpha value is -1.82. The number of aliphatic carboxylic acids is 1. The fraction of sp³-hybridized carbons (Fsp3) is 0.385. The van der Waals surface area contributed by atoms with Gasteiger partial charge in [-0.25, -0.2) is 4.39 Å². The lowest BCUT2D eigenvalue weighted by atomic mass is 10.2. The van der Waals surface area contributed by atoms with Crippen LogP contribution in [-0.4, -0.2) is 42.1 Å². The van der Waals surface area contributed by atoms with Gasteiger partial charge in [0.2, 0.25) is 0 Å². The number of ether oxygens (including phenoxy) is 1. The van der Waals surface area contributed by atoms with Gasteiger partial charge in [0, 0.05) is 13.6 Å². The van der Waals surface area contributed by atoms with Crippen molar-refractivity contribution in [2.24, 2.45) is 5.92 Å². The van der Waals surface area contributed by atoms with Crippen LogP contribution in [-0.2, 0) is 9.59 Å². The van der Waals surface area contributed by atoms with Crippen LogP contribution in [0.15, 0.2) is 18.2 Å². The highest BCUT2D eigenvalue weighted by Crippen LogP contribution is 2.24. The Bertz CT molecular complexity index is 509. The second-order valence-electron chi connectivity index (χ2n) is 4.38. The van der Waals surface area contributed by atoms with Crippen molar-refractivity contribution >= 4 is 23.5 Å². The maximum atomic E-state index is 12.8. The molecule has 1 aromatic carbocycles. The van der Waals surface area contributed by atoms with Crippen LogP contribution in [0.25, 0.3) is 0 Å². The Balaban J connectivity index is 2.52. The number of carbonyl (C=O) groups excluding carboxylic acids is 1. The highest BCUT2D eigenvalue weighted by atomic mass is 35.5. The smallest absolute Gasteiger partial charge is 0.308 e. The lowest BCUT2D eigenvalue weighted by molar-refractivity contribution is -0.143. The standard InChI is InChI=1S/C13H15ClFNO4/c1-8(13(18)19)6-16(2)12(17)7-20-11-4-3-9(15)5-10(11)14/h3-5,8H,6-7H2,1-2H3,(H,18,19). The molecule has 20 heavy (non-hydrogen) atoms. The molecular formula is C13H15ClFNO4. The molecular weight excluding hydrogens is 289 g/mol. The molecule has 110 valence electrons. The van der Waals surface area contributed by atoms with Gasteiger partial charge in [0.1, 0.15) is 11.6 Å². The highest BCUT2D eigenvalue weighted by molar-refractivity contribution is 6.32. The second-order valence-corrected chi connectivity index (χ2v) is 4.78. The summed E-state index contributed by atoms with van der Waals surface area (Å²) in [7, 11) is 1.48. The summed E-state index contributed by atoms with van der Waals surface area (Å²) in [5.41, 5.74) is 0. The highest BCUT2D eigenvalue weighted by Gasteiger charge is 2.18. The molecule has 7 heteroatoms. The van der Waals surface area contributed by atoms with Crippen LogP contribution in [0.5, 0.6) is 5.75 Å². The molecule has 1 aromatic rings. The molecule has 0 spiro atoms. The van der Waals surface area contributed by atoms with Crippen molar-refractivity contribution in [1.29, 1.82) is 0 Å². The Morgan fingerprint density at radius 1 is 1.50 bits per heavy atom. The summed E-state index contributed by atoms with van der Waals surface area (Å²) in [6, 6.07) is 3.57. The third kappa shape index (κ3) is 4.70. The second kappa shape index (κ2) is 7.09. The fourth-order valence-corrected chi connectivity index (χ4v) is 1.65. The molecule has 0 radical (unpaired) electrons. The first-order chi connectivity index (χ1) is 9.31. The number of carboxylic acids is 1. The largest absolute Gasteiger partial charge is 0.482 e. The van der Waals surface area contributed by atoms with Crippen molar-refractivity contribution in [3.05, 3.63) is 29.0 Å². The van der Waals surface area contributed by atoms with Gasteiger partial charge < -0.3 is 14.7 Å². The van der Waals surface area contributed by atoms with Gasteiger partial charge in [-0.15, -0.1) is 0 Å². The zero-order valence-corrected chi connectivity index (χ0v) is 11.9. The summed E-state index contributed by atoms with van der Waals surface area (Å²) in [4.78, 5) is 23.7. The molecule has 1 amide bonds. The van der Waals surface area contributed by atoms with E-state index in [2.05, 4.69) is 0 Å². The van der Waals surface area contributed by atoms with E-state index in [1.54, 1.807) is 0 Å². The van der Waals surface area contributed by atoms with Gasteiger partial charge in [0.05, 0.1) is 10.9 Å². The van der Waals surface area contributed by atoms with Crippen LogP contribution in [0.2, 0.25) is 5.02 Å². The Morgan fingerprint density at radius 3 is 2.70 bits per heavy atom. The van der Waals surface area contributed by atoms with Gasteiger partial charge in [-0.05, 0) is 18.2 Å². The van der Waals surface area contributed by atoms with Crippen molar-refractivity contribution in [2.75, 3.05) is 20.2 Å². The minimum Gasteiger partial charge on any atom is -0.482 e.